The fourth-order valence-electron chi connectivity index (χ4n) is 3.40. The molecule has 0 radical (unpaired) electrons. The lowest BCUT2D eigenvalue weighted by Gasteiger charge is -2.35. The van der Waals surface area contributed by atoms with Gasteiger partial charge >= 0.3 is 0 Å². The lowest BCUT2D eigenvalue weighted by atomic mass is 10.0. The van der Waals surface area contributed by atoms with Crippen LogP contribution in [-0.2, 0) is 0 Å². The van der Waals surface area contributed by atoms with Crippen molar-refractivity contribution in [3.63, 3.8) is 0 Å². The molecule has 0 bridgehead atoms. The molecule has 1 saturated heterocycles. The minimum Gasteiger partial charge on any atom is -0.315 e. The second kappa shape index (κ2) is 8.52. The zero-order chi connectivity index (χ0) is 15.1. The summed E-state index contributed by atoms with van der Waals surface area (Å²) in [5.74, 6) is 0. The van der Waals surface area contributed by atoms with Gasteiger partial charge < -0.3 is 10.2 Å². The highest BCUT2D eigenvalue weighted by Gasteiger charge is 2.31. The maximum absolute atomic E-state index is 3.63. The van der Waals surface area contributed by atoms with Gasteiger partial charge in [-0.05, 0) is 52.0 Å². The van der Waals surface area contributed by atoms with Gasteiger partial charge in [-0.2, -0.15) is 0 Å². The molecule has 1 aliphatic rings. The Balaban J connectivity index is 2.10. The fraction of sp³-hybridized carbons (Fsp3) is 0.667. The van der Waals surface area contributed by atoms with Crippen LogP contribution in [0.1, 0.15) is 37.8 Å². The average Bonchev–Trinajstić information content (AvgIpc) is 2.92. The van der Waals surface area contributed by atoms with Crippen molar-refractivity contribution in [2.45, 2.75) is 38.3 Å². The Labute approximate surface area is 130 Å². The second-order valence-corrected chi connectivity index (χ2v) is 6.43. The van der Waals surface area contributed by atoms with Crippen molar-refractivity contribution >= 4 is 0 Å². The Morgan fingerprint density at radius 3 is 2.71 bits per heavy atom. The van der Waals surface area contributed by atoms with Gasteiger partial charge in [0.25, 0.3) is 0 Å². The molecule has 3 nitrogen and oxygen atoms in total. The van der Waals surface area contributed by atoms with E-state index in [4.69, 9.17) is 0 Å². The molecule has 0 saturated carbocycles. The molecule has 1 aromatic rings. The third-order valence-electron chi connectivity index (χ3n) is 4.35. The number of benzene rings is 1. The lowest BCUT2D eigenvalue weighted by Crippen LogP contribution is -2.43. The van der Waals surface area contributed by atoms with Crippen LogP contribution in [0.2, 0.25) is 0 Å². The molecule has 0 amide bonds. The van der Waals surface area contributed by atoms with Gasteiger partial charge in [0.2, 0.25) is 0 Å². The number of hydrogen-bond donors (Lipinski definition) is 1. The first-order valence-corrected chi connectivity index (χ1v) is 8.38. The van der Waals surface area contributed by atoms with E-state index in [0.29, 0.717) is 12.1 Å². The highest BCUT2D eigenvalue weighted by molar-refractivity contribution is 5.20. The summed E-state index contributed by atoms with van der Waals surface area (Å²) in [4.78, 5) is 5.04. The molecule has 1 aromatic carbocycles. The van der Waals surface area contributed by atoms with Crippen LogP contribution in [0.5, 0.6) is 0 Å². The average molecular weight is 289 g/mol. The van der Waals surface area contributed by atoms with Gasteiger partial charge in [0, 0.05) is 25.2 Å². The molecule has 3 heteroatoms. The van der Waals surface area contributed by atoms with Crippen molar-refractivity contribution in [1.82, 2.24) is 15.1 Å². The van der Waals surface area contributed by atoms with Crippen molar-refractivity contribution in [2.75, 3.05) is 40.3 Å². The predicted octanol–water partition coefficient (Wildman–Crippen LogP) is 2.75. The first-order valence-electron chi connectivity index (χ1n) is 8.38. The molecular formula is C18H31N3. The van der Waals surface area contributed by atoms with Crippen LogP contribution in [-0.4, -0.2) is 56.1 Å². The molecule has 0 aromatic heterocycles. The van der Waals surface area contributed by atoms with Gasteiger partial charge in [0.15, 0.2) is 0 Å². The first kappa shape index (κ1) is 16.5. The van der Waals surface area contributed by atoms with E-state index < -0.39 is 0 Å². The van der Waals surface area contributed by atoms with Crippen molar-refractivity contribution in [3.8, 4) is 0 Å². The molecule has 1 N–H and O–H groups in total. The maximum atomic E-state index is 3.63. The summed E-state index contributed by atoms with van der Waals surface area (Å²) in [6.07, 6.45) is 3.85. The summed E-state index contributed by atoms with van der Waals surface area (Å²) in [6, 6.07) is 12.2. The smallest absolute Gasteiger partial charge is 0.0476 e. The van der Waals surface area contributed by atoms with Gasteiger partial charge in [-0.3, -0.25) is 4.90 Å². The minimum absolute atomic E-state index is 0.505. The molecule has 1 aliphatic heterocycles. The number of likely N-dealkylation sites (N-methyl/N-ethyl adjacent to an activating group) is 1. The Bertz CT molecular complexity index is 391. The molecule has 118 valence electrons. The molecule has 1 fully saturated rings. The monoisotopic (exact) mass is 289 g/mol. The van der Waals surface area contributed by atoms with Crippen LogP contribution >= 0.6 is 0 Å². The van der Waals surface area contributed by atoms with Crippen LogP contribution in [0.25, 0.3) is 0 Å². The number of hydrogen-bond acceptors (Lipinski definition) is 3. The number of rotatable bonds is 8. The summed E-state index contributed by atoms with van der Waals surface area (Å²) >= 11 is 0. The van der Waals surface area contributed by atoms with E-state index in [2.05, 4.69) is 66.5 Å². The van der Waals surface area contributed by atoms with Crippen molar-refractivity contribution in [3.05, 3.63) is 35.9 Å². The molecule has 2 unspecified atom stereocenters. The van der Waals surface area contributed by atoms with E-state index in [1.54, 1.807) is 0 Å². The summed E-state index contributed by atoms with van der Waals surface area (Å²) in [5.41, 5.74) is 1.45. The lowest BCUT2D eigenvalue weighted by molar-refractivity contribution is 0.150. The van der Waals surface area contributed by atoms with Crippen LogP contribution in [0.15, 0.2) is 30.3 Å². The van der Waals surface area contributed by atoms with Gasteiger partial charge in [-0.25, -0.2) is 0 Å². The second-order valence-electron chi connectivity index (χ2n) is 6.43. The Hall–Kier alpha value is -0.900. The van der Waals surface area contributed by atoms with E-state index in [9.17, 15) is 0 Å². The van der Waals surface area contributed by atoms with Crippen LogP contribution < -0.4 is 5.32 Å². The summed E-state index contributed by atoms with van der Waals surface area (Å²) < 4.78 is 0. The number of nitrogens with zero attached hydrogens (tertiary/aromatic N) is 2. The van der Waals surface area contributed by atoms with E-state index in [0.717, 1.165) is 19.6 Å². The standard InChI is InChI=1S/C18H31N3/c1-4-12-19-14-18(16-9-6-5-7-10-16)21-13-8-11-17(21)15-20(2)3/h5-7,9-10,17-19H,4,8,11-15H2,1-3H3. The van der Waals surface area contributed by atoms with Crippen LogP contribution in [0.3, 0.4) is 0 Å². The molecule has 0 aliphatic carbocycles. The largest absolute Gasteiger partial charge is 0.315 e. The zero-order valence-corrected chi connectivity index (χ0v) is 13.9. The van der Waals surface area contributed by atoms with Crippen molar-refractivity contribution in [2.24, 2.45) is 0 Å². The van der Waals surface area contributed by atoms with Gasteiger partial charge in [-0.1, -0.05) is 37.3 Å². The third kappa shape index (κ3) is 4.80. The summed E-state index contributed by atoms with van der Waals surface area (Å²) in [7, 11) is 4.37. The predicted molar refractivity (Wildman–Crippen MR) is 90.6 cm³/mol. The normalized spacial score (nSPS) is 21.0. The van der Waals surface area contributed by atoms with E-state index in [1.807, 2.05) is 0 Å². The van der Waals surface area contributed by atoms with Gasteiger partial charge in [0.1, 0.15) is 0 Å². The topological polar surface area (TPSA) is 18.5 Å². The molecule has 0 spiro atoms. The molecule has 21 heavy (non-hydrogen) atoms. The Morgan fingerprint density at radius 2 is 2.05 bits per heavy atom. The molecule has 2 rings (SSSR count). The zero-order valence-electron chi connectivity index (χ0n) is 13.9. The molecule has 1 heterocycles. The number of likely N-dealkylation sites (tertiary alicyclic amines) is 1. The first-order chi connectivity index (χ1) is 10.2. The SMILES string of the molecule is CCCNCC(c1ccccc1)N1CCCC1CN(C)C. The Kier molecular flexibility index (Phi) is 6.68. The number of nitrogens with one attached hydrogen (secondary N) is 1. The summed E-state index contributed by atoms with van der Waals surface area (Å²) in [6.45, 7) is 6.79. The highest BCUT2D eigenvalue weighted by atomic mass is 15.3. The third-order valence-corrected chi connectivity index (χ3v) is 4.35. The van der Waals surface area contributed by atoms with E-state index in [1.165, 1.54) is 31.4 Å². The minimum atomic E-state index is 0.505. The Morgan fingerprint density at radius 1 is 1.29 bits per heavy atom. The van der Waals surface area contributed by atoms with Gasteiger partial charge in [-0.15, -0.1) is 0 Å². The van der Waals surface area contributed by atoms with Crippen LogP contribution in [0.4, 0.5) is 0 Å². The van der Waals surface area contributed by atoms with Crippen molar-refractivity contribution < 1.29 is 0 Å². The van der Waals surface area contributed by atoms with Crippen molar-refractivity contribution in [1.29, 1.82) is 0 Å². The molecular weight excluding hydrogens is 258 g/mol. The fourth-order valence-corrected chi connectivity index (χ4v) is 3.40. The van der Waals surface area contributed by atoms with E-state index in [-0.39, 0.29) is 0 Å². The maximum Gasteiger partial charge on any atom is 0.0476 e. The van der Waals surface area contributed by atoms with Gasteiger partial charge in [0.05, 0.1) is 0 Å². The highest BCUT2D eigenvalue weighted by Crippen LogP contribution is 2.29. The summed E-state index contributed by atoms with van der Waals surface area (Å²) in [5, 5.41) is 3.63. The quantitative estimate of drug-likeness (QED) is 0.742. The van der Waals surface area contributed by atoms with E-state index >= 15 is 0 Å². The van der Waals surface area contributed by atoms with Crippen LogP contribution in [0, 0.1) is 0 Å². The molecule has 2 atom stereocenters.